The number of aliphatic hydroxyl groups excluding tert-OH is 1. The second kappa shape index (κ2) is 6.35. The SMILES string of the molecule is Cc1cccc(C(CN)C(O)c2ccc(Cl)c(F)c2)c1. The highest BCUT2D eigenvalue weighted by molar-refractivity contribution is 6.30. The summed E-state index contributed by atoms with van der Waals surface area (Å²) in [7, 11) is 0. The minimum Gasteiger partial charge on any atom is -0.388 e. The number of hydrogen-bond donors (Lipinski definition) is 2. The molecule has 0 aliphatic heterocycles. The first kappa shape index (κ1) is 15.0. The molecule has 0 fully saturated rings. The second-order valence-electron chi connectivity index (χ2n) is 4.87. The van der Waals surface area contributed by atoms with Gasteiger partial charge in [-0.25, -0.2) is 4.39 Å². The molecule has 2 aromatic rings. The van der Waals surface area contributed by atoms with Gasteiger partial charge in [-0.3, -0.25) is 0 Å². The maximum Gasteiger partial charge on any atom is 0.142 e. The van der Waals surface area contributed by atoms with Crippen LogP contribution in [-0.2, 0) is 0 Å². The van der Waals surface area contributed by atoms with Gasteiger partial charge in [0.25, 0.3) is 0 Å². The van der Waals surface area contributed by atoms with Crippen molar-refractivity contribution in [2.75, 3.05) is 6.54 Å². The Morgan fingerprint density at radius 2 is 1.95 bits per heavy atom. The zero-order valence-electron chi connectivity index (χ0n) is 11.2. The molecule has 0 amide bonds. The van der Waals surface area contributed by atoms with Crippen LogP contribution in [0.3, 0.4) is 0 Å². The average Bonchev–Trinajstić information content (AvgIpc) is 2.42. The second-order valence-corrected chi connectivity index (χ2v) is 5.28. The Kier molecular flexibility index (Phi) is 4.76. The van der Waals surface area contributed by atoms with E-state index < -0.39 is 11.9 Å². The average molecular weight is 294 g/mol. The molecule has 106 valence electrons. The van der Waals surface area contributed by atoms with Crippen molar-refractivity contribution >= 4 is 11.6 Å². The molecule has 2 aromatic carbocycles. The van der Waals surface area contributed by atoms with Gasteiger partial charge < -0.3 is 10.8 Å². The summed E-state index contributed by atoms with van der Waals surface area (Å²) >= 11 is 5.66. The van der Waals surface area contributed by atoms with E-state index in [0.29, 0.717) is 5.56 Å². The zero-order chi connectivity index (χ0) is 14.7. The van der Waals surface area contributed by atoms with Gasteiger partial charge in [0.05, 0.1) is 11.1 Å². The summed E-state index contributed by atoms with van der Waals surface area (Å²) in [5.74, 6) is -0.821. The van der Waals surface area contributed by atoms with Crippen LogP contribution in [0.4, 0.5) is 4.39 Å². The monoisotopic (exact) mass is 293 g/mol. The third-order valence-electron chi connectivity index (χ3n) is 3.39. The van der Waals surface area contributed by atoms with Crippen molar-refractivity contribution in [2.24, 2.45) is 5.73 Å². The van der Waals surface area contributed by atoms with Crippen molar-refractivity contribution < 1.29 is 9.50 Å². The molecular weight excluding hydrogens is 277 g/mol. The summed E-state index contributed by atoms with van der Waals surface area (Å²) < 4.78 is 13.5. The van der Waals surface area contributed by atoms with Crippen LogP contribution < -0.4 is 5.73 Å². The molecule has 0 radical (unpaired) electrons. The minimum atomic E-state index is -0.867. The van der Waals surface area contributed by atoms with Crippen molar-refractivity contribution in [2.45, 2.75) is 18.9 Å². The highest BCUT2D eigenvalue weighted by Crippen LogP contribution is 2.31. The van der Waals surface area contributed by atoms with Crippen LogP contribution in [0.1, 0.15) is 28.7 Å². The predicted octanol–water partition coefficient (Wildman–Crippen LogP) is 3.56. The molecule has 0 aliphatic rings. The van der Waals surface area contributed by atoms with E-state index in [9.17, 15) is 9.50 Å². The zero-order valence-corrected chi connectivity index (χ0v) is 11.9. The molecule has 0 spiro atoms. The molecule has 0 aliphatic carbocycles. The lowest BCUT2D eigenvalue weighted by Gasteiger charge is -2.23. The maximum absolute atomic E-state index is 13.5. The molecule has 2 unspecified atom stereocenters. The van der Waals surface area contributed by atoms with Crippen LogP contribution in [0.2, 0.25) is 5.02 Å². The van der Waals surface area contributed by atoms with E-state index in [2.05, 4.69) is 0 Å². The summed E-state index contributed by atoms with van der Waals surface area (Å²) in [6.07, 6.45) is -0.867. The first-order valence-electron chi connectivity index (χ1n) is 6.42. The van der Waals surface area contributed by atoms with E-state index in [0.717, 1.165) is 11.1 Å². The van der Waals surface area contributed by atoms with E-state index in [1.807, 2.05) is 31.2 Å². The Bertz CT molecular complexity index is 603. The van der Waals surface area contributed by atoms with Gasteiger partial charge in [-0.1, -0.05) is 47.5 Å². The fraction of sp³-hybridized carbons (Fsp3) is 0.250. The molecule has 2 atom stereocenters. The van der Waals surface area contributed by atoms with E-state index >= 15 is 0 Å². The van der Waals surface area contributed by atoms with Crippen LogP contribution in [0.15, 0.2) is 42.5 Å². The van der Waals surface area contributed by atoms with Crippen molar-refractivity contribution in [1.29, 1.82) is 0 Å². The third kappa shape index (κ3) is 3.18. The Morgan fingerprint density at radius 3 is 2.55 bits per heavy atom. The van der Waals surface area contributed by atoms with Gasteiger partial charge in [0, 0.05) is 12.5 Å². The van der Waals surface area contributed by atoms with Gasteiger partial charge in [-0.15, -0.1) is 0 Å². The van der Waals surface area contributed by atoms with Crippen molar-refractivity contribution in [1.82, 2.24) is 0 Å². The first-order chi connectivity index (χ1) is 9.52. The Hall–Kier alpha value is -1.42. The lowest BCUT2D eigenvalue weighted by Crippen LogP contribution is -2.20. The van der Waals surface area contributed by atoms with Crippen molar-refractivity contribution in [3.63, 3.8) is 0 Å². The van der Waals surface area contributed by atoms with Gasteiger partial charge >= 0.3 is 0 Å². The van der Waals surface area contributed by atoms with Crippen LogP contribution in [-0.4, -0.2) is 11.7 Å². The van der Waals surface area contributed by atoms with Gasteiger partial charge in [-0.05, 0) is 30.2 Å². The topological polar surface area (TPSA) is 46.2 Å². The van der Waals surface area contributed by atoms with Gasteiger partial charge in [0.15, 0.2) is 0 Å². The number of aliphatic hydroxyl groups is 1. The number of aryl methyl sites for hydroxylation is 1. The predicted molar refractivity (Wildman–Crippen MR) is 79.3 cm³/mol. The summed E-state index contributed by atoms with van der Waals surface area (Å²) in [6.45, 7) is 2.25. The largest absolute Gasteiger partial charge is 0.388 e. The quantitative estimate of drug-likeness (QED) is 0.905. The van der Waals surface area contributed by atoms with Gasteiger partial charge in [-0.2, -0.15) is 0 Å². The highest BCUT2D eigenvalue weighted by Gasteiger charge is 2.22. The molecule has 0 heterocycles. The highest BCUT2D eigenvalue weighted by atomic mass is 35.5. The standard InChI is InChI=1S/C16H17ClFNO/c1-10-3-2-4-11(7-10)13(9-19)16(20)12-5-6-14(17)15(18)8-12/h2-8,13,16,20H,9,19H2,1H3. The molecule has 3 N–H and O–H groups in total. The molecule has 20 heavy (non-hydrogen) atoms. The minimum absolute atomic E-state index is 0.0424. The fourth-order valence-electron chi connectivity index (χ4n) is 2.28. The Balaban J connectivity index is 2.33. The molecule has 0 saturated carbocycles. The molecule has 2 rings (SSSR count). The normalized spacial score (nSPS) is 14.1. The van der Waals surface area contributed by atoms with Gasteiger partial charge in [0.2, 0.25) is 0 Å². The summed E-state index contributed by atoms with van der Waals surface area (Å²) in [5.41, 5.74) is 8.29. The van der Waals surface area contributed by atoms with Crippen LogP contribution in [0.5, 0.6) is 0 Å². The van der Waals surface area contributed by atoms with Crippen LogP contribution in [0.25, 0.3) is 0 Å². The van der Waals surface area contributed by atoms with Gasteiger partial charge in [0.1, 0.15) is 5.82 Å². The molecule has 0 bridgehead atoms. The van der Waals surface area contributed by atoms with Crippen LogP contribution in [0, 0.1) is 12.7 Å². The molecule has 0 saturated heterocycles. The number of nitrogens with two attached hydrogens (primary N) is 1. The first-order valence-corrected chi connectivity index (χ1v) is 6.80. The molecule has 2 nitrogen and oxygen atoms in total. The summed E-state index contributed by atoms with van der Waals surface area (Å²) in [4.78, 5) is 0. The van der Waals surface area contributed by atoms with E-state index in [-0.39, 0.29) is 17.5 Å². The fourth-order valence-corrected chi connectivity index (χ4v) is 2.39. The number of rotatable bonds is 4. The number of benzene rings is 2. The smallest absolute Gasteiger partial charge is 0.142 e. The molecule has 0 aromatic heterocycles. The summed E-state index contributed by atoms with van der Waals surface area (Å²) in [5, 5.41) is 10.5. The molecular formula is C16H17ClFNO. The van der Waals surface area contributed by atoms with Crippen molar-refractivity contribution in [3.05, 3.63) is 70.0 Å². The summed E-state index contributed by atoms with van der Waals surface area (Å²) in [6, 6.07) is 12.1. The van der Waals surface area contributed by atoms with Crippen molar-refractivity contribution in [3.8, 4) is 0 Å². The Morgan fingerprint density at radius 1 is 1.20 bits per heavy atom. The number of halogens is 2. The Labute approximate surface area is 123 Å². The number of hydrogen-bond acceptors (Lipinski definition) is 2. The lowest BCUT2D eigenvalue weighted by molar-refractivity contribution is 0.147. The third-order valence-corrected chi connectivity index (χ3v) is 3.70. The molecule has 4 heteroatoms. The van der Waals surface area contributed by atoms with Crippen LogP contribution >= 0.6 is 11.6 Å². The van der Waals surface area contributed by atoms with E-state index in [1.54, 1.807) is 6.07 Å². The lowest BCUT2D eigenvalue weighted by atomic mass is 9.88. The van der Waals surface area contributed by atoms with E-state index in [4.69, 9.17) is 17.3 Å². The maximum atomic E-state index is 13.5. The van der Waals surface area contributed by atoms with E-state index in [1.165, 1.54) is 12.1 Å².